The first-order chi connectivity index (χ1) is 12.0. The van der Waals surface area contributed by atoms with E-state index in [-0.39, 0.29) is 11.3 Å². The van der Waals surface area contributed by atoms with E-state index in [9.17, 15) is 4.79 Å². The van der Waals surface area contributed by atoms with Crippen molar-refractivity contribution in [3.8, 4) is 11.5 Å². The Bertz CT molecular complexity index is 780. The number of para-hydroxylation sites is 1. The third kappa shape index (κ3) is 3.68. The molecule has 0 saturated carbocycles. The van der Waals surface area contributed by atoms with Gasteiger partial charge in [-0.2, -0.15) is 0 Å². The number of methoxy groups -OCH3 is 2. The molecule has 2 aromatic rings. The first-order valence-corrected chi connectivity index (χ1v) is 9.45. The van der Waals surface area contributed by atoms with Crippen LogP contribution in [0.1, 0.15) is 21.3 Å². The minimum absolute atomic E-state index is 0.107. The molecule has 4 nitrogen and oxygen atoms in total. The molecule has 3 rings (SSSR count). The Morgan fingerprint density at radius 2 is 1.88 bits per heavy atom. The minimum Gasteiger partial charge on any atom is -0.493 e. The number of ether oxygens (including phenoxy) is 2. The number of thioether (sulfide) groups is 1. The van der Waals surface area contributed by atoms with Gasteiger partial charge in [0.1, 0.15) is 5.37 Å². The molecular weight excluding hydrogens is 381 g/mol. The van der Waals surface area contributed by atoms with Crippen molar-refractivity contribution in [3.05, 3.63) is 57.6 Å². The molecule has 1 aliphatic heterocycles. The summed E-state index contributed by atoms with van der Waals surface area (Å²) < 4.78 is 10.9. The highest BCUT2D eigenvalue weighted by Crippen LogP contribution is 2.45. The van der Waals surface area contributed by atoms with Crippen molar-refractivity contribution in [3.63, 3.8) is 0 Å². The maximum absolute atomic E-state index is 13.0. The van der Waals surface area contributed by atoms with Crippen LogP contribution in [0.3, 0.4) is 0 Å². The van der Waals surface area contributed by atoms with Crippen molar-refractivity contribution < 1.29 is 14.3 Å². The number of rotatable bonds is 4. The zero-order valence-corrected chi connectivity index (χ0v) is 16.1. The largest absolute Gasteiger partial charge is 0.493 e. The van der Waals surface area contributed by atoms with Crippen molar-refractivity contribution in [2.75, 3.05) is 26.5 Å². The van der Waals surface area contributed by atoms with Crippen LogP contribution >= 0.6 is 35.0 Å². The molecule has 1 atom stereocenters. The van der Waals surface area contributed by atoms with Crippen LogP contribution < -0.4 is 9.47 Å². The smallest absolute Gasteiger partial charge is 0.255 e. The molecule has 1 heterocycles. The summed E-state index contributed by atoms with van der Waals surface area (Å²) in [5.41, 5.74) is 1.39. The summed E-state index contributed by atoms with van der Waals surface area (Å²) >= 11 is 13.8. The Morgan fingerprint density at radius 3 is 2.52 bits per heavy atom. The van der Waals surface area contributed by atoms with E-state index in [1.165, 1.54) is 0 Å². The first kappa shape index (κ1) is 18.2. The van der Waals surface area contributed by atoms with Gasteiger partial charge in [0.25, 0.3) is 5.91 Å². The Kier molecular flexibility index (Phi) is 5.67. The van der Waals surface area contributed by atoms with Crippen LogP contribution in [0, 0.1) is 0 Å². The van der Waals surface area contributed by atoms with Crippen LogP contribution in [0.15, 0.2) is 36.4 Å². The van der Waals surface area contributed by atoms with Crippen molar-refractivity contribution in [1.82, 2.24) is 4.90 Å². The predicted octanol–water partition coefficient (Wildman–Crippen LogP) is 4.90. The van der Waals surface area contributed by atoms with E-state index < -0.39 is 0 Å². The van der Waals surface area contributed by atoms with Gasteiger partial charge in [-0.25, -0.2) is 0 Å². The van der Waals surface area contributed by atoms with E-state index in [0.29, 0.717) is 33.7 Å². The molecular formula is C18H17Cl2NO3S. The lowest BCUT2D eigenvalue weighted by molar-refractivity contribution is 0.0759. The summed E-state index contributed by atoms with van der Waals surface area (Å²) in [4.78, 5) is 14.8. The number of nitrogens with zero attached hydrogens (tertiary/aromatic N) is 1. The standard InChI is InChI=1S/C18H17Cl2NO3S/c1-23-15-5-3-4-14(16(15)24-2)18-21(6-7-25-18)17(22)11-8-12(19)10-13(20)9-11/h3-5,8-10,18H,6-7H2,1-2H3. The Hall–Kier alpha value is -1.56. The Morgan fingerprint density at radius 1 is 1.16 bits per heavy atom. The minimum atomic E-state index is -0.157. The fourth-order valence-electron chi connectivity index (χ4n) is 2.89. The second kappa shape index (κ2) is 7.77. The van der Waals surface area contributed by atoms with Crippen LogP contribution in [0.25, 0.3) is 0 Å². The van der Waals surface area contributed by atoms with Crippen LogP contribution in [0.4, 0.5) is 0 Å². The lowest BCUT2D eigenvalue weighted by Gasteiger charge is -2.26. The highest BCUT2D eigenvalue weighted by atomic mass is 35.5. The van der Waals surface area contributed by atoms with Gasteiger partial charge in [-0.05, 0) is 24.3 Å². The highest BCUT2D eigenvalue weighted by molar-refractivity contribution is 7.99. The fraction of sp³-hybridized carbons (Fsp3) is 0.278. The second-order valence-corrected chi connectivity index (χ2v) is 7.52. The molecule has 0 aliphatic carbocycles. The Labute approximate surface area is 161 Å². The number of halogens is 2. The fourth-order valence-corrected chi connectivity index (χ4v) is 4.68. The average Bonchev–Trinajstić information content (AvgIpc) is 3.08. The van der Waals surface area contributed by atoms with E-state index in [0.717, 1.165) is 11.3 Å². The molecule has 2 aromatic carbocycles. The third-order valence-electron chi connectivity index (χ3n) is 3.96. The quantitative estimate of drug-likeness (QED) is 0.735. The monoisotopic (exact) mass is 397 g/mol. The van der Waals surface area contributed by atoms with Crippen molar-refractivity contribution >= 4 is 40.9 Å². The Balaban J connectivity index is 1.97. The van der Waals surface area contributed by atoms with Gasteiger partial charge in [-0.1, -0.05) is 35.3 Å². The molecule has 0 radical (unpaired) electrons. The summed E-state index contributed by atoms with van der Waals surface area (Å²) in [7, 11) is 3.20. The lowest BCUT2D eigenvalue weighted by Crippen LogP contribution is -2.30. The second-order valence-electron chi connectivity index (χ2n) is 5.46. The SMILES string of the molecule is COc1cccc(C2SCCN2C(=O)c2cc(Cl)cc(Cl)c2)c1OC. The molecule has 25 heavy (non-hydrogen) atoms. The van der Waals surface area contributed by atoms with Crippen molar-refractivity contribution in [2.45, 2.75) is 5.37 Å². The topological polar surface area (TPSA) is 38.8 Å². The van der Waals surface area contributed by atoms with Crippen molar-refractivity contribution in [1.29, 1.82) is 0 Å². The normalized spacial score (nSPS) is 16.8. The molecule has 7 heteroatoms. The number of benzene rings is 2. The molecule has 0 bridgehead atoms. The van der Waals surface area contributed by atoms with Gasteiger partial charge in [0, 0.05) is 33.5 Å². The lowest BCUT2D eigenvalue weighted by atomic mass is 10.1. The van der Waals surface area contributed by atoms with E-state index >= 15 is 0 Å². The number of hydrogen-bond donors (Lipinski definition) is 0. The molecule has 1 saturated heterocycles. The molecule has 0 aromatic heterocycles. The first-order valence-electron chi connectivity index (χ1n) is 7.64. The van der Waals surface area contributed by atoms with Gasteiger partial charge in [0.05, 0.1) is 14.2 Å². The third-order valence-corrected chi connectivity index (χ3v) is 5.64. The average molecular weight is 398 g/mol. The van der Waals surface area contributed by atoms with Crippen LogP contribution in [-0.2, 0) is 0 Å². The molecule has 1 amide bonds. The van der Waals surface area contributed by atoms with Crippen LogP contribution in [0.5, 0.6) is 11.5 Å². The van der Waals surface area contributed by atoms with E-state index in [2.05, 4.69) is 0 Å². The summed E-state index contributed by atoms with van der Waals surface area (Å²) in [5, 5.41) is 0.728. The zero-order valence-electron chi connectivity index (χ0n) is 13.8. The van der Waals surface area contributed by atoms with Gasteiger partial charge in [0.2, 0.25) is 0 Å². The predicted molar refractivity (Wildman–Crippen MR) is 102 cm³/mol. The van der Waals surface area contributed by atoms with Gasteiger partial charge >= 0.3 is 0 Å². The number of carbonyl (C=O) groups excluding carboxylic acids is 1. The maximum Gasteiger partial charge on any atom is 0.255 e. The maximum atomic E-state index is 13.0. The molecule has 0 N–H and O–H groups in total. The summed E-state index contributed by atoms with van der Waals surface area (Å²) in [6.45, 7) is 0.638. The number of carbonyl (C=O) groups is 1. The van der Waals surface area contributed by atoms with Gasteiger partial charge in [-0.3, -0.25) is 4.79 Å². The van der Waals surface area contributed by atoms with Crippen LogP contribution in [0.2, 0.25) is 10.0 Å². The summed E-state index contributed by atoms with van der Waals surface area (Å²) in [6.07, 6.45) is 0. The van der Waals surface area contributed by atoms with Gasteiger partial charge < -0.3 is 14.4 Å². The van der Waals surface area contributed by atoms with Crippen molar-refractivity contribution in [2.24, 2.45) is 0 Å². The number of hydrogen-bond acceptors (Lipinski definition) is 4. The van der Waals surface area contributed by atoms with E-state index in [4.69, 9.17) is 32.7 Å². The molecule has 132 valence electrons. The zero-order chi connectivity index (χ0) is 18.0. The van der Waals surface area contributed by atoms with E-state index in [1.807, 2.05) is 23.1 Å². The van der Waals surface area contributed by atoms with Gasteiger partial charge in [-0.15, -0.1) is 11.8 Å². The molecule has 0 spiro atoms. The van der Waals surface area contributed by atoms with Crippen LogP contribution in [-0.4, -0.2) is 37.3 Å². The molecule has 1 fully saturated rings. The molecule has 1 aliphatic rings. The summed E-state index contributed by atoms with van der Waals surface area (Å²) in [6, 6.07) is 10.6. The number of amides is 1. The highest BCUT2D eigenvalue weighted by Gasteiger charge is 2.34. The van der Waals surface area contributed by atoms with E-state index in [1.54, 1.807) is 44.2 Å². The van der Waals surface area contributed by atoms with Gasteiger partial charge in [0.15, 0.2) is 11.5 Å². The molecule has 1 unspecified atom stereocenters. The summed E-state index contributed by atoms with van der Waals surface area (Å²) in [5.74, 6) is 2.02.